The molecule has 2 heterocycles. The Morgan fingerprint density at radius 3 is 2.60 bits per heavy atom. The van der Waals surface area contributed by atoms with E-state index in [0.29, 0.717) is 5.15 Å². The average Bonchev–Trinajstić information content (AvgIpc) is 2.40. The minimum absolute atomic E-state index is 0. The maximum Gasteiger partial charge on any atom is 0.224 e. The van der Waals surface area contributed by atoms with E-state index in [1.807, 2.05) is 6.07 Å². The Morgan fingerprint density at radius 2 is 1.85 bits per heavy atom. The summed E-state index contributed by atoms with van der Waals surface area (Å²) in [6.45, 7) is 2.66. The van der Waals surface area contributed by atoms with Crippen LogP contribution in [0.25, 0.3) is 0 Å². The third kappa shape index (κ3) is 3.41. The molecule has 20 heavy (non-hydrogen) atoms. The molecule has 0 fully saturated rings. The molecule has 0 spiro atoms. The predicted octanol–water partition coefficient (Wildman–Crippen LogP) is 3.76. The molecule has 0 atom stereocenters. The lowest BCUT2D eigenvalue weighted by molar-refractivity contribution is 0.243. The van der Waals surface area contributed by atoms with Crippen molar-refractivity contribution in [2.45, 2.75) is 19.5 Å². The minimum Gasteiger partial charge on any atom is -0.294 e. The molecule has 2 aromatic rings. The van der Waals surface area contributed by atoms with Gasteiger partial charge in [0.15, 0.2) is 0 Å². The highest BCUT2D eigenvalue weighted by Gasteiger charge is 2.21. The summed E-state index contributed by atoms with van der Waals surface area (Å²) >= 11 is 12.0. The van der Waals surface area contributed by atoms with Gasteiger partial charge in [-0.2, -0.15) is 0 Å². The van der Waals surface area contributed by atoms with Gasteiger partial charge in [0, 0.05) is 31.6 Å². The summed E-state index contributed by atoms with van der Waals surface area (Å²) in [6, 6.07) is 10.4. The summed E-state index contributed by atoms with van der Waals surface area (Å²) < 4.78 is 0. The third-order valence-corrected chi connectivity index (χ3v) is 3.79. The van der Waals surface area contributed by atoms with E-state index in [1.54, 1.807) is 0 Å². The van der Waals surface area contributed by atoms with Crippen molar-refractivity contribution in [2.24, 2.45) is 0 Å². The summed E-state index contributed by atoms with van der Waals surface area (Å²) in [6.07, 6.45) is 0.865. The van der Waals surface area contributed by atoms with E-state index in [4.69, 9.17) is 23.2 Å². The first-order chi connectivity index (χ1) is 9.22. The quantitative estimate of drug-likeness (QED) is 0.620. The van der Waals surface area contributed by atoms with Crippen LogP contribution in [0.5, 0.6) is 0 Å². The number of benzene rings is 1. The third-order valence-electron chi connectivity index (χ3n) is 3.31. The highest BCUT2D eigenvalue weighted by atomic mass is 35.5. The second kappa shape index (κ2) is 6.72. The van der Waals surface area contributed by atoms with E-state index in [0.717, 1.165) is 37.3 Å². The van der Waals surface area contributed by atoms with Gasteiger partial charge in [0.05, 0.1) is 5.69 Å². The van der Waals surface area contributed by atoms with Gasteiger partial charge in [-0.15, -0.1) is 12.4 Å². The molecule has 1 aromatic heterocycles. The van der Waals surface area contributed by atoms with Crippen LogP contribution >= 0.6 is 35.6 Å². The number of hydrogen-bond donors (Lipinski definition) is 0. The normalized spacial score (nSPS) is 14.5. The Balaban J connectivity index is 0.00000147. The molecular weight excluding hydrogens is 317 g/mol. The molecular formula is C14H14Cl3N3. The fourth-order valence-corrected chi connectivity index (χ4v) is 2.86. The number of fused-ring (bicyclic) bond motifs is 1. The van der Waals surface area contributed by atoms with E-state index in [2.05, 4.69) is 39.1 Å². The van der Waals surface area contributed by atoms with Gasteiger partial charge in [0.25, 0.3) is 0 Å². The van der Waals surface area contributed by atoms with Crippen molar-refractivity contribution in [2.75, 3.05) is 6.54 Å². The lowest BCUT2D eigenvalue weighted by atomic mass is 10.1. The van der Waals surface area contributed by atoms with Gasteiger partial charge < -0.3 is 0 Å². The fraction of sp³-hybridized carbons (Fsp3) is 0.286. The number of aromatic nitrogens is 2. The molecule has 0 saturated carbocycles. The highest BCUT2D eigenvalue weighted by Crippen LogP contribution is 2.25. The second-order valence-corrected chi connectivity index (χ2v) is 5.35. The van der Waals surface area contributed by atoms with Crippen LogP contribution in [0.1, 0.15) is 16.8 Å². The van der Waals surface area contributed by atoms with Crippen LogP contribution in [0, 0.1) is 0 Å². The van der Waals surface area contributed by atoms with Crippen molar-refractivity contribution >= 4 is 35.6 Å². The summed E-state index contributed by atoms with van der Waals surface area (Å²) in [5, 5.41) is 0.716. The predicted molar refractivity (Wildman–Crippen MR) is 83.6 cm³/mol. The van der Waals surface area contributed by atoms with E-state index < -0.39 is 0 Å². The Bertz CT molecular complexity index is 590. The van der Waals surface area contributed by atoms with Crippen LogP contribution < -0.4 is 0 Å². The first-order valence-electron chi connectivity index (χ1n) is 6.19. The Kier molecular flexibility index (Phi) is 5.22. The maximum atomic E-state index is 6.15. The number of rotatable bonds is 2. The average molecular weight is 331 g/mol. The molecule has 1 aliphatic rings. The molecule has 3 nitrogen and oxygen atoms in total. The van der Waals surface area contributed by atoms with Crippen LogP contribution in [-0.2, 0) is 19.5 Å². The van der Waals surface area contributed by atoms with Gasteiger partial charge in [-0.3, -0.25) is 4.90 Å². The van der Waals surface area contributed by atoms with Gasteiger partial charge in [0.1, 0.15) is 5.15 Å². The summed E-state index contributed by atoms with van der Waals surface area (Å²) in [4.78, 5) is 10.6. The Hall–Kier alpha value is -0.870. The number of halogens is 3. The molecule has 3 rings (SSSR count). The lowest BCUT2D eigenvalue weighted by Crippen LogP contribution is -2.31. The molecule has 0 bridgehead atoms. The molecule has 1 aromatic carbocycles. The van der Waals surface area contributed by atoms with Gasteiger partial charge >= 0.3 is 0 Å². The first-order valence-corrected chi connectivity index (χ1v) is 6.95. The summed E-state index contributed by atoms with van der Waals surface area (Å²) in [7, 11) is 0. The molecule has 0 radical (unpaired) electrons. The summed E-state index contributed by atoms with van der Waals surface area (Å²) in [5.74, 6) is 0. The van der Waals surface area contributed by atoms with Crippen LogP contribution in [0.2, 0.25) is 10.4 Å². The van der Waals surface area contributed by atoms with Crippen LogP contribution in [-0.4, -0.2) is 21.4 Å². The molecule has 6 heteroatoms. The van der Waals surface area contributed by atoms with Crippen molar-refractivity contribution in [3.63, 3.8) is 0 Å². The van der Waals surface area contributed by atoms with Crippen LogP contribution in [0.3, 0.4) is 0 Å². The van der Waals surface area contributed by atoms with E-state index in [9.17, 15) is 0 Å². The number of nitrogens with zero attached hydrogens (tertiary/aromatic N) is 3. The van der Waals surface area contributed by atoms with Gasteiger partial charge in [-0.25, -0.2) is 9.97 Å². The molecule has 0 unspecified atom stereocenters. The molecule has 0 saturated heterocycles. The van der Waals surface area contributed by atoms with Gasteiger partial charge in [-0.1, -0.05) is 41.9 Å². The van der Waals surface area contributed by atoms with E-state index in [1.165, 1.54) is 5.56 Å². The molecule has 0 aliphatic carbocycles. The second-order valence-electron chi connectivity index (χ2n) is 4.65. The monoisotopic (exact) mass is 329 g/mol. The van der Waals surface area contributed by atoms with Crippen molar-refractivity contribution in [3.05, 3.63) is 57.6 Å². The molecule has 1 aliphatic heterocycles. The minimum atomic E-state index is 0. The topological polar surface area (TPSA) is 29.0 Å². The van der Waals surface area contributed by atoms with Crippen LogP contribution in [0.15, 0.2) is 30.3 Å². The molecule has 0 amide bonds. The largest absolute Gasteiger partial charge is 0.294 e. The zero-order valence-corrected chi connectivity index (χ0v) is 13.0. The number of hydrogen-bond acceptors (Lipinski definition) is 3. The van der Waals surface area contributed by atoms with Crippen molar-refractivity contribution in [3.8, 4) is 0 Å². The molecule has 106 valence electrons. The Labute approximate surface area is 134 Å². The highest BCUT2D eigenvalue weighted by molar-refractivity contribution is 6.32. The van der Waals surface area contributed by atoms with E-state index in [-0.39, 0.29) is 17.7 Å². The van der Waals surface area contributed by atoms with Crippen molar-refractivity contribution in [1.82, 2.24) is 14.9 Å². The lowest BCUT2D eigenvalue weighted by Gasteiger charge is -2.28. The van der Waals surface area contributed by atoms with Gasteiger partial charge in [-0.05, 0) is 17.2 Å². The smallest absolute Gasteiger partial charge is 0.224 e. The summed E-state index contributed by atoms with van der Waals surface area (Å²) in [5.41, 5.74) is 3.29. The standard InChI is InChI=1S/C14H13Cl2N3.ClH/c15-13-11-9-19(8-10-4-2-1-3-5-10)7-6-12(11)17-14(16)18-13;/h1-5H,6-9H2;1H. The van der Waals surface area contributed by atoms with Crippen molar-refractivity contribution < 1.29 is 0 Å². The van der Waals surface area contributed by atoms with Crippen molar-refractivity contribution in [1.29, 1.82) is 0 Å². The Morgan fingerprint density at radius 1 is 1.10 bits per heavy atom. The van der Waals surface area contributed by atoms with E-state index >= 15 is 0 Å². The van der Waals surface area contributed by atoms with Crippen LogP contribution in [0.4, 0.5) is 0 Å². The first kappa shape index (κ1) is 15.5. The fourth-order valence-electron chi connectivity index (χ4n) is 2.38. The maximum absolute atomic E-state index is 6.15. The van der Waals surface area contributed by atoms with Gasteiger partial charge in [0.2, 0.25) is 5.28 Å². The zero-order chi connectivity index (χ0) is 13.2. The zero-order valence-electron chi connectivity index (χ0n) is 10.7. The SMILES string of the molecule is Cl.Clc1nc(Cl)c2c(n1)CCN(Cc1ccccc1)C2. The molecule has 0 N–H and O–H groups in total.